The lowest BCUT2D eigenvalue weighted by Gasteiger charge is -2.40. The third-order valence-corrected chi connectivity index (χ3v) is 7.94. The normalized spacial score (nSPS) is 17.4. The molecule has 2 heterocycles. The van der Waals surface area contributed by atoms with Crippen molar-refractivity contribution in [2.45, 2.75) is 32.6 Å². The van der Waals surface area contributed by atoms with Gasteiger partial charge in [-0.15, -0.1) is 0 Å². The van der Waals surface area contributed by atoms with Crippen molar-refractivity contribution in [2.75, 3.05) is 0 Å². The van der Waals surface area contributed by atoms with Gasteiger partial charge in [-0.3, -0.25) is 9.97 Å². The molecule has 5 aromatic rings. The molecule has 0 amide bonds. The summed E-state index contributed by atoms with van der Waals surface area (Å²) in [6, 6.07) is 20.4. The summed E-state index contributed by atoms with van der Waals surface area (Å²) in [4.78, 5) is 9.81. The molecule has 164 valence electrons. The van der Waals surface area contributed by atoms with Crippen LogP contribution in [0.1, 0.15) is 62.2 Å². The molecule has 0 radical (unpaired) electrons. The van der Waals surface area contributed by atoms with E-state index in [1.54, 1.807) is 0 Å². The van der Waals surface area contributed by atoms with E-state index in [9.17, 15) is 0 Å². The third kappa shape index (κ3) is 2.50. The second kappa shape index (κ2) is 6.83. The third-order valence-electron chi connectivity index (χ3n) is 7.94. The molecule has 0 saturated heterocycles. The van der Waals surface area contributed by atoms with Crippen LogP contribution < -0.4 is 4.57 Å². The van der Waals surface area contributed by atoms with Crippen LogP contribution in [-0.2, 0) is 7.05 Å². The van der Waals surface area contributed by atoms with E-state index in [1.807, 2.05) is 12.4 Å². The van der Waals surface area contributed by atoms with Crippen molar-refractivity contribution >= 4 is 10.8 Å². The van der Waals surface area contributed by atoms with Crippen LogP contribution in [0.15, 0.2) is 73.2 Å². The van der Waals surface area contributed by atoms with Crippen LogP contribution in [0.3, 0.4) is 0 Å². The predicted octanol–water partition coefficient (Wildman–Crippen LogP) is 6.03. The fourth-order valence-corrected chi connectivity index (χ4v) is 6.34. The maximum atomic E-state index is 4.93. The smallest absolute Gasteiger partial charge is 0.217 e. The zero-order valence-electron chi connectivity index (χ0n) is 19.9. The number of hydrogen-bond donors (Lipinski definition) is 0. The Kier molecular flexibility index (Phi) is 3.94. The van der Waals surface area contributed by atoms with Crippen LogP contribution in [0.4, 0.5) is 0 Å². The minimum Gasteiger partial charge on any atom is -0.257 e. The van der Waals surface area contributed by atoms with Crippen LogP contribution >= 0.6 is 0 Å². The lowest BCUT2D eigenvalue weighted by Crippen LogP contribution is -2.38. The van der Waals surface area contributed by atoms with Gasteiger partial charge in [0.2, 0.25) is 5.69 Å². The molecule has 0 aliphatic heterocycles. The molecule has 3 heteroatoms. The molecule has 3 aliphatic carbocycles. The minimum absolute atomic E-state index is 0.0749. The van der Waals surface area contributed by atoms with Gasteiger partial charge in [-0.25, -0.2) is 4.57 Å². The van der Waals surface area contributed by atoms with E-state index >= 15 is 0 Å². The molecule has 8 rings (SSSR count). The van der Waals surface area contributed by atoms with Crippen molar-refractivity contribution in [3.63, 3.8) is 0 Å². The summed E-state index contributed by atoms with van der Waals surface area (Å²) in [5.74, 6) is 0.181. The fourth-order valence-electron chi connectivity index (χ4n) is 6.34. The lowest BCUT2D eigenvalue weighted by atomic mass is 9.63. The Morgan fingerprint density at radius 1 is 0.735 bits per heavy atom. The molecular weight excluding hydrogens is 414 g/mol. The van der Waals surface area contributed by atoms with Crippen molar-refractivity contribution in [3.05, 3.63) is 124 Å². The van der Waals surface area contributed by atoms with Crippen LogP contribution in [0.5, 0.6) is 0 Å². The van der Waals surface area contributed by atoms with Crippen LogP contribution in [0.2, 0.25) is 0 Å². The summed E-state index contributed by atoms with van der Waals surface area (Å²) < 4.78 is 2.30. The fraction of sp³-hybridized carbons (Fsp3) is 0.194. The van der Waals surface area contributed by atoms with Gasteiger partial charge in [0.25, 0.3) is 0 Å². The van der Waals surface area contributed by atoms with E-state index < -0.39 is 0 Å². The highest BCUT2D eigenvalue weighted by atomic mass is 14.9. The summed E-state index contributed by atoms with van der Waals surface area (Å²) in [6.45, 7) is 6.66. The second-order valence-electron chi connectivity index (χ2n) is 9.92. The van der Waals surface area contributed by atoms with Crippen molar-refractivity contribution < 1.29 is 4.57 Å². The van der Waals surface area contributed by atoms with Gasteiger partial charge in [0.1, 0.15) is 7.05 Å². The van der Waals surface area contributed by atoms with E-state index in [-0.39, 0.29) is 11.8 Å². The molecule has 3 nitrogen and oxygen atoms in total. The molecule has 0 saturated carbocycles. The Hall–Kier alpha value is -3.85. The molecule has 0 spiro atoms. The zero-order valence-corrected chi connectivity index (χ0v) is 19.9. The monoisotopic (exact) mass is 440 g/mol. The average molecular weight is 441 g/mol. The molecule has 0 N–H and O–H groups in total. The molecule has 2 aromatic heterocycles. The number of nitrogens with zero attached hydrogens (tertiary/aromatic N) is 3. The lowest BCUT2D eigenvalue weighted by molar-refractivity contribution is -0.660. The first-order chi connectivity index (χ1) is 16.5. The first-order valence-corrected chi connectivity index (χ1v) is 12.0. The number of rotatable bonds is 1. The first-order valence-electron chi connectivity index (χ1n) is 12.0. The van der Waals surface area contributed by atoms with E-state index in [2.05, 4.69) is 93.2 Å². The first kappa shape index (κ1) is 19.6. The molecule has 3 aromatic carbocycles. The van der Waals surface area contributed by atoms with Crippen LogP contribution in [-0.4, -0.2) is 9.97 Å². The van der Waals surface area contributed by atoms with Crippen molar-refractivity contribution in [1.82, 2.24) is 9.97 Å². The van der Waals surface area contributed by atoms with E-state index in [1.165, 1.54) is 61.0 Å². The van der Waals surface area contributed by atoms with E-state index in [0.29, 0.717) is 0 Å². The number of aryl methyl sites for hydroxylation is 3. The maximum absolute atomic E-state index is 4.93. The summed E-state index contributed by atoms with van der Waals surface area (Å²) in [6.07, 6.45) is 5.92. The second-order valence-corrected chi connectivity index (χ2v) is 9.92. The number of benzene rings is 3. The molecule has 0 fully saturated rings. The Morgan fingerprint density at radius 3 is 2.09 bits per heavy atom. The summed E-state index contributed by atoms with van der Waals surface area (Å²) in [5, 5.41) is 2.57. The van der Waals surface area contributed by atoms with E-state index in [0.717, 1.165) is 11.4 Å². The molecule has 3 aliphatic rings. The number of hydrogen-bond acceptors (Lipinski definition) is 2. The van der Waals surface area contributed by atoms with Gasteiger partial charge < -0.3 is 0 Å². The highest BCUT2D eigenvalue weighted by Gasteiger charge is 2.47. The Morgan fingerprint density at radius 2 is 1.38 bits per heavy atom. The molecule has 34 heavy (non-hydrogen) atoms. The standard InChI is InChI=1S/C31H26N3/c1-17-13-18(2)19(3)23(14-17)31-28-22(9-12-34(31)4)26-24-15-20-7-5-6-8-21(20)16-25(24)27(28)30-29(26)32-10-11-33-30/h5-16,26-27H,1-4H3/q+1. The van der Waals surface area contributed by atoms with Gasteiger partial charge in [0, 0.05) is 29.6 Å². The Balaban J connectivity index is 1.61. The van der Waals surface area contributed by atoms with Crippen molar-refractivity contribution in [1.29, 1.82) is 0 Å². The van der Waals surface area contributed by atoms with Crippen LogP contribution in [0.25, 0.3) is 22.0 Å². The molecule has 2 bridgehead atoms. The zero-order chi connectivity index (χ0) is 23.1. The highest BCUT2D eigenvalue weighted by Crippen LogP contribution is 2.56. The minimum atomic E-state index is 0.0749. The largest absolute Gasteiger partial charge is 0.257 e. The predicted molar refractivity (Wildman–Crippen MR) is 135 cm³/mol. The van der Waals surface area contributed by atoms with E-state index in [4.69, 9.17) is 9.97 Å². The quantitative estimate of drug-likeness (QED) is 0.292. The number of aromatic nitrogens is 3. The van der Waals surface area contributed by atoms with Crippen molar-refractivity contribution in [3.8, 4) is 11.3 Å². The van der Waals surface area contributed by atoms with Gasteiger partial charge in [-0.1, -0.05) is 35.9 Å². The number of pyridine rings is 1. The highest BCUT2D eigenvalue weighted by molar-refractivity contribution is 5.87. The number of fused-ring (bicyclic) bond motifs is 1. The van der Waals surface area contributed by atoms with Gasteiger partial charge in [0.05, 0.1) is 23.2 Å². The summed E-state index contributed by atoms with van der Waals surface area (Å²) in [7, 11) is 2.17. The molecule has 2 unspecified atom stereocenters. The van der Waals surface area contributed by atoms with Gasteiger partial charge in [-0.2, -0.15) is 0 Å². The van der Waals surface area contributed by atoms with Crippen molar-refractivity contribution in [2.24, 2.45) is 7.05 Å². The van der Waals surface area contributed by atoms with Gasteiger partial charge in [-0.05, 0) is 77.6 Å². The molecular formula is C31H26N3+. The average Bonchev–Trinajstić information content (AvgIpc) is 2.84. The maximum Gasteiger partial charge on any atom is 0.217 e. The Bertz CT molecular complexity index is 1660. The summed E-state index contributed by atoms with van der Waals surface area (Å²) in [5.41, 5.74) is 14.3. The Labute approximate surface area is 199 Å². The van der Waals surface area contributed by atoms with Gasteiger partial charge in [0.15, 0.2) is 6.20 Å². The summed E-state index contributed by atoms with van der Waals surface area (Å²) >= 11 is 0. The topological polar surface area (TPSA) is 29.7 Å². The van der Waals surface area contributed by atoms with Crippen LogP contribution in [0, 0.1) is 20.8 Å². The SMILES string of the molecule is Cc1cc(C)c(C)c(-c2c3c(cc[n+]2C)C2c4cc5ccccc5cc4C3c3nccnc32)c1. The molecule has 2 atom stereocenters. The van der Waals surface area contributed by atoms with Gasteiger partial charge >= 0.3 is 0 Å².